The van der Waals surface area contributed by atoms with Crippen LogP contribution in [0.2, 0.25) is 0 Å². The van der Waals surface area contributed by atoms with Crippen molar-refractivity contribution in [2.24, 2.45) is 5.73 Å². The van der Waals surface area contributed by atoms with Crippen LogP contribution < -0.4 is 5.73 Å². The molecule has 0 radical (unpaired) electrons. The minimum absolute atomic E-state index is 0.677. The van der Waals surface area contributed by atoms with E-state index >= 15 is 0 Å². The van der Waals surface area contributed by atoms with Gasteiger partial charge < -0.3 is 10.5 Å². The van der Waals surface area contributed by atoms with E-state index < -0.39 is 0 Å². The molecule has 0 aromatic carbocycles. The first-order valence-electron chi connectivity index (χ1n) is 4.00. The van der Waals surface area contributed by atoms with Crippen LogP contribution in [0.15, 0.2) is 24.5 Å². The summed E-state index contributed by atoms with van der Waals surface area (Å²) in [4.78, 5) is 0. The Morgan fingerprint density at radius 2 is 2.36 bits per heavy atom. The predicted octanol–water partition coefficient (Wildman–Crippen LogP) is 1.83. The second kappa shape index (κ2) is 7.35. The molecule has 0 amide bonds. The van der Waals surface area contributed by atoms with Crippen LogP contribution in [0.5, 0.6) is 0 Å². The Hall–Kier alpha value is -0.760. The first-order valence-corrected chi connectivity index (χ1v) is 4.00. The molecule has 11 heavy (non-hydrogen) atoms. The summed E-state index contributed by atoms with van der Waals surface area (Å²) in [5.41, 5.74) is 5.30. The molecular formula is C9H17NO. The first kappa shape index (κ1) is 10.2. The first-order chi connectivity index (χ1) is 5.35. The Labute approximate surface area is 68.7 Å². The smallest absolute Gasteiger partial charge is 0.114 e. The molecule has 0 atom stereocenters. The molecule has 64 valence electrons. The van der Waals surface area contributed by atoms with Crippen molar-refractivity contribution < 1.29 is 4.74 Å². The van der Waals surface area contributed by atoms with E-state index in [9.17, 15) is 0 Å². The zero-order chi connectivity index (χ0) is 8.53. The monoisotopic (exact) mass is 155 g/mol. The predicted molar refractivity (Wildman–Crippen MR) is 48.2 cm³/mol. The van der Waals surface area contributed by atoms with E-state index in [1.165, 1.54) is 0 Å². The van der Waals surface area contributed by atoms with Crippen LogP contribution in [0.1, 0.15) is 19.8 Å². The molecule has 0 aliphatic heterocycles. The highest BCUT2D eigenvalue weighted by Gasteiger charge is 1.89. The third-order valence-electron chi connectivity index (χ3n) is 1.22. The lowest BCUT2D eigenvalue weighted by Gasteiger charge is -2.04. The Balaban J connectivity index is 3.52. The van der Waals surface area contributed by atoms with Crippen molar-refractivity contribution in [3.05, 3.63) is 24.5 Å². The van der Waals surface area contributed by atoms with Crippen molar-refractivity contribution in [1.82, 2.24) is 0 Å². The molecule has 0 saturated heterocycles. The summed E-state index contributed by atoms with van der Waals surface area (Å²) in [6, 6.07) is 0. The molecule has 0 saturated carbocycles. The fourth-order valence-electron chi connectivity index (χ4n) is 0.676. The Morgan fingerprint density at radius 3 is 2.82 bits per heavy atom. The molecule has 0 heterocycles. The SMILES string of the molecule is C=C/C(=C\CC)OCCCN. The quantitative estimate of drug-likeness (QED) is 0.361. The Kier molecular flexibility index (Phi) is 6.84. The van der Waals surface area contributed by atoms with Crippen molar-refractivity contribution in [1.29, 1.82) is 0 Å². The van der Waals surface area contributed by atoms with Gasteiger partial charge in [0.25, 0.3) is 0 Å². The highest BCUT2D eigenvalue weighted by molar-refractivity contribution is 5.07. The number of nitrogens with two attached hydrogens (primary N) is 1. The number of ether oxygens (including phenoxy) is 1. The Morgan fingerprint density at radius 1 is 1.64 bits per heavy atom. The second-order valence-electron chi connectivity index (χ2n) is 2.21. The van der Waals surface area contributed by atoms with Gasteiger partial charge in [-0.1, -0.05) is 13.5 Å². The molecule has 0 rings (SSSR count). The lowest BCUT2D eigenvalue weighted by atomic mass is 10.3. The van der Waals surface area contributed by atoms with E-state index in [0.717, 1.165) is 18.6 Å². The number of hydrogen-bond donors (Lipinski definition) is 1. The minimum atomic E-state index is 0.677. The molecule has 0 aliphatic rings. The summed E-state index contributed by atoms with van der Waals surface area (Å²) in [6.07, 6.45) is 5.60. The van der Waals surface area contributed by atoms with Gasteiger partial charge in [-0.05, 0) is 31.5 Å². The van der Waals surface area contributed by atoms with E-state index in [2.05, 4.69) is 13.5 Å². The largest absolute Gasteiger partial charge is 0.494 e. The number of rotatable bonds is 6. The number of allylic oxidation sites excluding steroid dienone is 2. The zero-order valence-corrected chi connectivity index (χ0v) is 7.18. The maximum Gasteiger partial charge on any atom is 0.114 e. The van der Waals surface area contributed by atoms with Crippen molar-refractivity contribution in [3.8, 4) is 0 Å². The molecule has 2 nitrogen and oxygen atoms in total. The van der Waals surface area contributed by atoms with Crippen LogP contribution in [0, 0.1) is 0 Å². The van der Waals surface area contributed by atoms with Gasteiger partial charge in [0.15, 0.2) is 0 Å². The summed E-state index contributed by atoms with van der Waals surface area (Å²) in [6.45, 7) is 7.07. The normalized spacial score (nSPS) is 11.3. The average molecular weight is 155 g/mol. The summed E-state index contributed by atoms with van der Waals surface area (Å²) in [5, 5.41) is 0. The maximum absolute atomic E-state index is 5.34. The van der Waals surface area contributed by atoms with E-state index in [1.54, 1.807) is 6.08 Å². The topological polar surface area (TPSA) is 35.2 Å². The molecule has 0 aromatic rings. The van der Waals surface area contributed by atoms with Crippen molar-refractivity contribution in [2.75, 3.05) is 13.2 Å². The molecule has 2 heteroatoms. The molecule has 0 aliphatic carbocycles. The summed E-state index contributed by atoms with van der Waals surface area (Å²) >= 11 is 0. The van der Waals surface area contributed by atoms with Gasteiger partial charge in [0.2, 0.25) is 0 Å². The minimum Gasteiger partial charge on any atom is -0.494 e. The highest BCUT2D eigenvalue weighted by atomic mass is 16.5. The second-order valence-corrected chi connectivity index (χ2v) is 2.21. The van der Waals surface area contributed by atoms with Gasteiger partial charge in [-0.25, -0.2) is 0 Å². The van der Waals surface area contributed by atoms with E-state index in [1.807, 2.05) is 6.08 Å². The number of hydrogen-bond acceptors (Lipinski definition) is 2. The molecule has 0 aromatic heterocycles. The van der Waals surface area contributed by atoms with Crippen LogP contribution in [0.25, 0.3) is 0 Å². The highest BCUT2D eigenvalue weighted by Crippen LogP contribution is 2.00. The van der Waals surface area contributed by atoms with Gasteiger partial charge in [0.1, 0.15) is 5.76 Å². The molecule has 2 N–H and O–H groups in total. The zero-order valence-electron chi connectivity index (χ0n) is 7.18. The molecule has 0 bridgehead atoms. The summed E-state index contributed by atoms with van der Waals surface area (Å²) in [5.74, 6) is 0.862. The van der Waals surface area contributed by atoms with Gasteiger partial charge in [-0.3, -0.25) is 0 Å². The molecule has 0 spiro atoms. The fraction of sp³-hybridized carbons (Fsp3) is 0.556. The van der Waals surface area contributed by atoms with Crippen molar-refractivity contribution >= 4 is 0 Å². The van der Waals surface area contributed by atoms with E-state index in [-0.39, 0.29) is 0 Å². The van der Waals surface area contributed by atoms with Gasteiger partial charge in [-0.15, -0.1) is 0 Å². The van der Waals surface area contributed by atoms with Gasteiger partial charge in [0, 0.05) is 0 Å². The average Bonchev–Trinajstić information content (AvgIpc) is 2.03. The van der Waals surface area contributed by atoms with Crippen LogP contribution in [-0.4, -0.2) is 13.2 Å². The lowest BCUT2D eigenvalue weighted by Crippen LogP contribution is -2.03. The molecule has 0 fully saturated rings. The standard InChI is InChI=1S/C9H17NO/c1-3-6-9(4-2)11-8-5-7-10/h4,6H,2-3,5,7-8,10H2,1H3/b9-6+. The summed E-state index contributed by atoms with van der Waals surface area (Å²) in [7, 11) is 0. The van der Waals surface area contributed by atoms with E-state index in [0.29, 0.717) is 13.2 Å². The third kappa shape index (κ3) is 5.67. The third-order valence-corrected chi connectivity index (χ3v) is 1.22. The van der Waals surface area contributed by atoms with Crippen molar-refractivity contribution in [3.63, 3.8) is 0 Å². The van der Waals surface area contributed by atoms with Crippen molar-refractivity contribution in [2.45, 2.75) is 19.8 Å². The fourth-order valence-corrected chi connectivity index (χ4v) is 0.676. The van der Waals surface area contributed by atoms with Crippen LogP contribution in [0.4, 0.5) is 0 Å². The Bertz CT molecular complexity index is 130. The molecule has 0 unspecified atom stereocenters. The summed E-state index contributed by atoms with van der Waals surface area (Å²) < 4.78 is 5.34. The van der Waals surface area contributed by atoms with Crippen LogP contribution in [-0.2, 0) is 4.74 Å². The van der Waals surface area contributed by atoms with Crippen LogP contribution >= 0.6 is 0 Å². The van der Waals surface area contributed by atoms with Crippen LogP contribution in [0.3, 0.4) is 0 Å². The molecular weight excluding hydrogens is 138 g/mol. The van der Waals surface area contributed by atoms with Gasteiger partial charge in [0.05, 0.1) is 6.61 Å². The maximum atomic E-state index is 5.34. The lowest BCUT2D eigenvalue weighted by molar-refractivity contribution is 0.221. The van der Waals surface area contributed by atoms with E-state index in [4.69, 9.17) is 10.5 Å². The van der Waals surface area contributed by atoms with Gasteiger partial charge in [-0.2, -0.15) is 0 Å². The van der Waals surface area contributed by atoms with Gasteiger partial charge >= 0.3 is 0 Å².